The molecule has 1 aromatic carbocycles. The number of hydrogen-bond donors (Lipinski definition) is 1. The minimum atomic E-state index is 0.813. The molecule has 0 unspecified atom stereocenters. The smallest absolute Gasteiger partial charge is 0.138 e. The van der Waals surface area contributed by atoms with Gasteiger partial charge in [-0.1, -0.05) is 18.2 Å². The summed E-state index contributed by atoms with van der Waals surface area (Å²) in [6.45, 7) is 4.59. The Morgan fingerprint density at radius 2 is 1.96 bits per heavy atom. The fourth-order valence-electron chi connectivity index (χ4n) is 3.68. The number of nitrogens with zero attached hydrogens (tertiary/aromatic N) is 6. The standard InChI is InChI=1S/C21H21N7/c1-14-16(8-25-27(14)2)10-28-11-18-20(12-28)23-13-24-21(18)26-17-7-15-5-3-4-6-19(15)22-9-17/h3-9,13H,10-12H2,1-2H3,(H,23,24,26). The summed E-state index contributed by atoms with van der Waals surface area (Å²) in [7, 11) is 1.97. The minimum Gasteiger partial charge on any atom is -0.339 e. The zero-order valence-corrected chi connectivity index (χ0v) is 15.9. The third-order valence-electron chi connectivity index (χ3n) is 5.37. The second-order valence-corrected chi connectivity index (χ2v) is 7.21. The second-order valence-electron chi connectivity index (χ2n) is 7.21. The van der Waals surface area contributed by atoms with Crippen LogP contribution in [0.25, 0.3) is 10.9 Å². The van der Waals surface area contributed by atoms with Crippen molar-refractivity contribution in [2.24, 2.45) is 7.05 Å². The quantitative estimate of drug-likeness (QED) is 0.593. The van der Waals surface area contributed by atoms with Gasteiger partial charge in [0.1, 0.15) is 12.1 Å². The van der Waals surface area contributed by atoms with E-state index in [0.717, 1.165) is 53.3 Å². The molecule has 0 atom stereocenters. The van der Waals surface area contributed by atoms with Crippen molar-refractivity contribution in [3.63, 3.8) is 0 Å². The molecular weight excluding hydrogens is 350 g/mol. The SMILES string of the molecule is Cc1c(CN2Cc3ncnc(Nc4cnc5ccccc5c4)c3C2)cnn1C. The molecule has 1 aliphatic rings. The maximum absolute atomic E-state index is 4.53. The Kier molecular flexibility index (Phi) is 4.02. The van der Waals surface area contributed by atoms with Crippen LogP contribution in [0.4, 0.5) is 11.5 Å². The van der Waals surface area contributed by atoms with Crippen LogP contribution in [-0.2, 0) is 26.7 Å². The first kappa shape index (κ1) is 16.8. The molecule has 1 N–H and O–H groups in total. The molecule has 28 heavy (non-hydrogen) atoms. The first-order valence-electron chi connectivity index (χ1n) is 9.32. The molecule has 4 heterocycles. The van der Waals surface area contributed by atoms with E-state index in [2.05, 4.69) is 49.3 Å². The Morgan fingerprint density at radius 3 is 2.82 bits per heavy atom. The van der Waals surface area contributed by atoms with Crippen LogP contribution in [0.15, 0.2) is 49.1 Å². The molecule has 0 fully saturated rings. The predicted molar refractivity (Wildman–Crippen MR) is 108 cm³/mol. The Balaban J connectivity index is 1.38. The van der Waals surface area contributed by atoms with Gasteiger partial charge < -0.3 is 5.32 Å². The van der Waals surface area contributed by atoms with Gasteiger partial charge in [-0.05, 0) is 19.1 Å². The van der Waals surface area contributed by atoms with Crippen LogP contribution >= 0.6 is 0 Å². The highest BCUT2D eigenvalue weighted by atomic mass is 15.3. The number of nitrogens with one attached hydrogen (secondary N) is 1. The lowest BCUT2D eigenvalue weighted by Gasteiger charge is -2.14. The highest BCUT2D eigenvalue weighted by Gasteiger charge is 2.25. The summed E-state index contributed by atoms with van der Waals surface area (Å²) in [5.41, 5.74) is 6.59. The maximum atomic E-state index is 4.53. The van der Waals surface area contributed by atoms with Gasteiger partial charge in [-0.3, -0.25) is 14.6 Å². The van der Waals surface area contributed by atoms with E-state index in [1.165, 1.54) is 11.3 Å². The molecule has 3 aromatic heterocycles. The zero-order chi connectivity index (χ0) is 19.1. The largest absolute Gasteiger partial charge is 0.339 e. The molecule has 0 amide bonds. The fraction of sp³-hybridized carbons (Fsp3) is 0.238. The monoisotopic (exact) mass is 371 g/mol. The third-order valence-corrected chi connectivity index (χ3v) is 5.37. The average molecular weight is 371 g/mol. The van der Waals surface area contributed by atoms with Crippen LogP contribution in [0.1, 0.15) is 22.5 Å². The van der Waals surface area contributed by atoms with Crippen LogP contribution in [0.2, 0.25) is 0 Å². The summed E-state index contributed by atoms with van der Waals surface area (Å²) in [5, 5.41) is 8.89. The van der Waals surface area contributed by atoms with E-state index in [1.807, 2.05) is 42.3 Å². The number of pyridine rings is 1. The van der Waals surface area contributed by atoms with Crippen LogP contribution < -0.4 is 5.32 Å². The highest BCUT2D eigenvalue weighted by Crippen LogP contribution is 2.30. The lowest BCUT2D eigenvalue weighted by Crippen LogP contribution is -2.16. The topological polar surface area (TPSA) is 71.8 Å². The van der Waals surface area contributed by atoms with E-state index >= 15 is 0 Å². The number of aromatic nitrogens is 5. The van der Waals surface area contributed by atoms with Gasteiger partial charge in [0.25, 0.3) is 0 Å². The van der Waals surface area contributed by atoms with Gasteiger partial charge in [-0.2, -0.15) is 5.10 Å². The van der Waals surface area contributed by atoms with Crippen molar-refractivity contribution in [1.82, 2.24) is 29.6 Å². The van der Waals surface area contributed by atoms with Crippen LogP contribution in [0.5, 0.6) is 0 Å². The summed E-state index contributed by atoms with van der Waals surface area (Å²) in [6.07, 6.45) is 5.43. The van der Waals surface area contributed by atoms with Crippen LogP contribution in [-0.4, -0.2) is 29.6 Å². The molecule has 7 nitrogen and oxygen atoms in total. The normalized spacial score (nSPS) is 13.8. The molecule has 4 aromatic rings. The molecule has 140 valence electrons. The van der Waals surface area contributed by atoms with Crippen molar-refractivity contribution in [3.8, 4) is 0 Å². The predicted octanol–water partition coefficient (Wildman–Crippen LogP) is 3.33. The summed E-state index contributed by atoms with van der Waals surface area (Å²) in [5.74, 6) is 0.854. The summed E-state index contributed by atoms with van der Waals surface area (Å²) in [6, 6.07) is 10.2. The molecule has 0 bridgehead atoms. The van der Waals surface area contributed by atoms with Gasteiger partial charge in [0.2, 0.25) is 0 Å². The van der Waals surface area contributed by atoms with Gasteiger partial charge in [0.15, 0.2) is 0 Å². The number of anilines is 2. The van der Waals surface area contributed by atoms with Crippen molar-refractivity contribution in [2.45, 2.75) is 26.6 Å². The van der Waals surface area contributed by atoms with Gasteiger partial charge in [-0.25, -0.2) is 9.97 Å². The van der Waals surface area contributed by atoms with Gasteiger partial charge in [0, 0.05) is 48.9 Å². The van der Waals surface area contributed by atoms with E-state index in [0.29, 0.717) is 0 Å². The van der Waals surface area contributed by atoms with Crippen molar-refractivity contribution in [3.05, 3.63) is 71.6 Å². The van der Waals surface area contributed by atoms with E-state index in [-0.39, 0.29) is 0 Å². The first-order valence-corrected chi connectivity index (χ1v) is 9.32. The van der Waals surface area contributed by atoms with Gasteiger partial charge in [0.05, 0.1) is 29.3 Å². The zero-order valence-electron chi connectivity index (χ0n) is 15.9. The van der Waals surface area contributed by atoms with E-state index in [1.54, 1.807) is 6.33 Å². The Hall–Kier alpha value is -3.32. The molecule has 5 rings (SSSR count). The van der Waals surface area contributed by atoms with Crippen molar-refractivity contribution >= 4 is 22.4 Å². The number of hydrogen-bond acceptors (Lipinski definition) is 6. The fourth-order valence-corrected chi connectivity index (χ4v) is 3.68. The number of para-hydroxylation sites is 1. The maximum Gasteiger partial charge on any atom is 0.138 e. The second kappa shape index (κ2) is 6.69. The van der Waals surface area contributed by atoms with E-state index in [9.17, 15) is 0 Å². The molecule has 1 aliphatic heterocycles. The first-order chi connectivity index (χ1) is 13.7. The third kappa shape index (κ3) is 2.99. The van der Waals surface area contributed by atoms with Gasteiger partial charge in [-0.15, -0.1) is 0 Å². The van der Waals surface area contributed by atoms with Crippen LogP contribution in [0.3, 0.4) is 0 Å². The highest BCUT2D eigenvalue weighted by molar-refractivity contribution is 5.82. The van der Waals surface area contributed by atoms with Crippen molar-refractivity contribution in [2.75, 3.05) is 5.32 Å². The van der Waals surface area contributed by atoms with Crippen molar-refractivity contribution < 1.29 is 0 Å². The van der Waals surface area contributed by atoms with E-state index < -0.39 is 0 Å². The number of fused-ring (bicyclic) bond motifs is 2. The molecule has 0 spiro atoms. The molecule has 0 saturated heterocycles. The number of aryl methyl sites for hydroxylation is 1. The van der Waals surface area contributed by atoms with Crippen molar-refractivity contribution in [1.29, 1.82) is 0 Å². The number of rotatable bonds is 4. The Morgan fingerprint density at radius 1 is 1.07 bits per heavy atom. The summed E-state index contributed by atoms with van der Waals surface area (Å²) in [4.78, 5) is 15.9. The summed E-state index contributed by atoms with van der Waals surface area (Å²) < 4.78 is 1.91. The summed E-state index contributed by atoms with van der Waals surface area (Å²) >= 11 is 0. The van der Waals surface area contributed by atoms with E-state index in [4.69, 9.17) is 0 Å². The van der Waals surface area contributed by atoms with Crippen LogP contribution in [0, 0.1) is 6.92 Å². The molecule has 0 aliphatic carbocycles. The molecular formula is C21H21N7. The number of benzene rings is 1. The van der Waals surface area contributed by atoms with Gasteiger partial charge >= 0.3 is 0 Å². The average Bonchev–Trinajstić information content (AvgIpc) is 3.27. The lowest BCUT2D eigenvalue weighted by molar-refractivity contribution is 0.273. The minimum absolute atomic E-state index is 0.813. The Bertz CT molecular complexity index is 1160. The molecule has 0 radical (unpaired) electrons. The molecule has 7 heteroatoms. The molecule has 0 saturated carbocycles. The lowest BCUT2D eigenvalue weighted by atomic mass is 10.2. The Labute approximate surface area is 163 Å².